The second kappa shape index (κ2) is 4.63. The van der Waals surface area contributed by atoms with E-state index in [0.29, 0.717) is 5.75 Å². The van der Waals surface area contributed by atoms with Crippen molar-refractivity contribution < 1.29 is 14.3 Å². The summed E-state index contributed by atoms with van der Waals surface area (Å²) >= 11 is 0. The van der Waals surface area contributed by atoms with Crippen LogP contribution in [0.3, 0.4) is 0 Å². The highest BCUT2D eigenvalue weighted by atomic mass is 16.7. The van der Waals surface area contributed by atoms with Crippen LogP contribution < -0.4 is 15.2 Å². The third-order valence-electron chi connectivity index (χ3n) is 2.72. The lowest BCUT2D eigenvalue weighted by Crippen LogP contribution is -2.26. The first-order chi connectivity index (χ1) is 8.08. The molecule has 1 aromatic rings. The van der Waals surface area contributed by atoms with E-state index in [1.54, 1.807) is 14.1 Å². The molecule has 2 rings (SSSR count). The summed E-state index contributed by atoms with van der Waals surface area (Å²) in [5.74, 6) is 1.42. The van der Waals surface area contributed by atoms with Crippen molar-refractivity contribution in [3.63, 3.8) is 0 Å². The lowest BCUT2D eigenvalue weighted by molar-refractivity contribution is -0.129. The molecule has 2 N–H and O–H groups in total. The molecule has 0 aliphatic carbocycles. The van der Waals surface area contributed by atoms with Crippen LogP contribution in [0.2, 0.25) is 0 Å². The fourth-order valence-electron chi connectivity index (χ4n) is 1.63. The fourth-order valence-corrected chi connectivity index (χ4v) is 1.63. The molecule has 0 fully saturated rings. The predicted molar refractivity (Wildman–Crippen MR) is 62.8 cm³/mol. The molecule has 0 radical (unpaired) electrons. The van der Waals surface area contributed by atoms with Crippen molar-refractivity contribution in [2.24, 2.45) is 5.73 Å². The smallest absolute Gasteiger partial charge is 0.231 e. The topological polar surface area (TPSA) is 64.8 Å². The number of hydrogen-bond donors (Lipinski definition) is 1. The summed E-state index contributed by atoms with van der Waals surface area (Å²) in [7, 11) is 3.43. The Morgan fingerprint density at radius 2 is 2.12 bits per heavy atom. The number of benzene rings is 1. The lowest BCUT2D eigenvalue weighted by atomic mass is 10.0. The number of ether oxygens (including phenoxy) is 2. The van der Waals surface area contributed by atoms with Crippen LogP contribution in [0.25, 0.3) is 0 Å². The van der Waals surface area contributed by atoms with Gasteiger partial charge in [-0.15, -0.1) is 0 Å². The van der Waals surface area contributed by atoms with Gasteiger partial charge < -0.3 is 20.1 Å². The maximum atomic E-state index is 11.6. The number of carbonyl (C=O) groups is 1. The van der Waals surface area contributed by atoms with E-state index >= 15 is 0 Å². The molecular formula is C12H16N2O3. The van der Waals surface area contributed by atoms with Crippen LogP contribution in [0.4, 0.5) is 0 Å². The van der Waals surface area contributed by atoms with Gasteiger partial charge in [0.05, 0.1) is 0 Å². The Hall–Kier alpha value is -1.75. The van der Waals surface area contributed by atoms with Crippen molar-refractivity contribution >= 4 is 5.91 Å². The van der Waals surface area contributed by atoms with E-state index < -0.39 is 0 Å². The number of hydrogen-bond acceptors (Lipinski definition) is 4. The minimum absolute atomic E-state index is 0.00941. The lowest BCUT2D eigenvalue weighted by Gasteiger charge is -2.15. The average Bonchev–Trinajstić information content (AvgIpc) is 2.75. The molecule has 1 unspecified atom stereocenters. The van der Waals surface area contributed by atoms with Gasteiger partial charge in [0.2, 0.25) is 12.7 Å². The second-order valence-corrected chi connectivity index (χ2v) is 4.21. The maximum absolute atomic E-state index is 11.6. The van der Waals surface area contributed by atoms with Crippen LogP contribution in [-0.4, -0.2) is 31.7 Å². The van der Waals surface area contributed by atoms with Gasteiger partial charge in [-0.3, -0.25) is 4.79 Å². The number of amides is 1. The average molecular weight is 236 g/mol. The van der Waals surface area contributed by atoms with Crippen LogP contribution in [-0.2, 0) is 4.79 Å². The third-order valence-corrected chi connectivity index (χ3v) is 2.72. The Morgan fingerprint density at radius 1 is 1.41 bits per heavy atom. The van der Waals surface area contributed by atoms with Gasteiger partial charge in [-0.1, -0.05) is 6.07 Å². The molecule has 17 heavy (non-hydrogen) atoms. The van der Waals surface area contributed by atoms with Gasteiger partial charge >= 0.3 is 0 Å². The van der Waals surface area contributed by atoms with E-state index in [1.807, 2.05) is 18.2 Å². The van der Waals surface area contributed by atoms with E-state index in [1.165, 1.54) is 4.90 Å². The SMILES string of the molecule is CN(C)C(=O)CC(N)c1ccc2c(c1)OCO2. The van der Waals surface area contributed by atoms with Crippen molar-refractivity contribution in [3.05, 3.63) is 23.8 Å². The summed E-state index contributed by atoms with van der Waals surface area (Å²) < 4.78 is 10.5. The predicted octanol–water partition coefficient (Wildman–Crippen LogP) is 0.893. The van der Waals surface area contributed by atoms with Crippen molar-refractivity contribution in [3.8, 4) is 11.5 Å². The Labute approximate surface area is 100 Å². The quantitative estimate of drug-likeness (QED) is 0.846. The molecule has 0 bridgehead atoms. The highest BCUT2D eigenvalue weighted by molar-refractivity contribution is 5.76. The minimum Gasteiger partial charge on any atom is -0.454 e. The largest absolute Gasteiger partial charge is 0.454 e. The van der Waals surface area contributed by atoms with Crippen molar-refractivity contribution in [1.29, 1.82) is 0 Å². The molecule has 0 saturated heterocycles. The molecule has 5 nitrogen and oxygen atoms in total. The highest BCUT2D eigenvalue weighted by Crippen LogP contribution is 2.34. The summed E-state index contributed by atoms with van der Waals surface area (Å²) in [6, 6.07) is 5.19. The normalized spacial score (nSPS) is 14.5. The molecule has 1 atom stereocenters. The summed E-state index contributed by atoms with van der Waals surface area (Å²) in [6.45, 7) is 0.241. The number of carbonyl (C=O) groups excluding carboxylic acids is 1. The summed E-state index contributed by atoms with van der Waals surface area (Å²) in [6.07, 6.45) is 0.284. The number of rotatable bonds is 3. The fraction of sp³-hybridized carbons (Fsp3) is 0.417. The molecular weight excluding hydrogens is 220 g/mol. The van der Waals surface area contributed by atoms with Gasteiger partial charge in [0.15, 0.2) is 11.5 Å². The van der Waals surface area contributed by atoms with Crippen LogP contribution in [0.5, 0.6) is 11.5 Å². The minimum atomic E-state index is -0.320. The van der Waals surface area contributed by atoms with Crippen molar-refractivity contribution in [1.82, 2.24) is 4.90 Å². The van der Waals surface area contributed by atoms with E-state index in [2.05, 4.69) is 0 Å². The molecule has 1 aliphatic rings. The summed E-state index contributed by atoms with van der Waals surface area (Å²) in [5, 5.41) is 0. The Balaban J connectivity index is 2.09. The van der Waals surface area contributed by atoms with E-state index in [-0.39, 0.29) is 25.2 Å². The van der Waals surface area contributed by atoms with Gasteiger partial charge in [-0.05, 0) is 17.7 Å². The summed E-state index contributed by atoms with van der Waals surface area (Å²) in [5.41, 5.74) is 6.86. The van der Waals surface area contributed by atoms with E-state index in [4.69, 9.17) is 15.2 Å². The van der Waals surface area contributed by atoms with Gasteiger partial charge in [-0.25, -0.2) is 0 Å². The molecule has 1 heterocycles. The van der Waals surface area contributed by atoms with Crippen LogP contribution in [0.1, 0.15) is 18.0 Å². The molecule has 0 aromatic heterocycles. The van der Waals surface area contributed by atoms with Gasteiger partial charge in [0, 0.05) is 26.6 Å². The monoisotopic (exact) mass is 236 g/mol. The number of nitrogens with zero attached hydrogens (tertiary/aromatic N) is 1. The molecule has 5 heteroatoms. The highest BCUT2D eigenvalue weighted by Gasteiger charge is 2.18. The van der Waals surface area contributed by atoms with Crippen LogP contribution >= 0.6 is 0 Å². The first kappa shape index (κ1) is 11.7. The van der Waals surface area contributed by atoms with Gasteiger partial charge in [0.25, 0.3) is 0 Å². The summed E-state index contributed by atoms with van der Waals surface area (Å²) in [4.78, 5) is 13.1. The molecule has 0 saturated carbocycles. The van der Waals surface area contributed by atoms with Crippen molar-refractivity contribution in [2.45, 2.75) is 12.5 Å². The molecule has 92 valence electrons. The first-order valence-corrected chi connectivity index (χ1v) is 5.43. The molecule has 1 aliphatic heterocycles. The molecule has 1 amide bonds. The van der Waals surface area contributed by atoms with E-state index in [9.17, 15) is 4.79 Å². The Kier molecular flexibility index (Phi) is 3.19. The van der Waals surface area contributed by atoms with E-state index in [0.717, 1.165) is 11.3 Å². The number of fused-ring (bicyclic) bond motifs is 1. The third kappa shape index (κ3) is 2.50. The Morgan fingerprint density at radius 3 is 2.82 bits per heavy atom. The van der Waals surface area contributed by atoms with Gasteiger partial charge in [0.1, 0.15) is 0 Å². The second-order valence-electron chi connectivity index (χ2n) is 4.21. The maximum Gasteiger partial charge on any atom is 0.231 e. The van der Waals surface area contributed by atoms with Gasteiger partial charge in [-0.2, -0.15) is 0 Å². The van der Waals surface area contributed by atoms with Crippen LogP contribution in [0, 0.1) is 0 Å². The zero-order chi connectivity index (χ0) is 12.4. The van der Waals surface area contributed by atoms with Crippen molar-refractivity contribution in [2.75, 3.05) is 20.9 Å². The zero-order valence-corrected chi connectivity index (χ0v) is 9.97. The standard InChI is InChI=1S/C12H16N2O3/c1-14(2)12(15)6-9(13)8-3-4-10-11(5-8)17-7-16-10/h3-5,9H,6-7,13H2,1-2H3. The molecule has 0 spiro atoms. The zero-order valence-electron chi connectivity index (χ0n) is 9.97. The Bertz CT molecular complexity index is 432. The number of nitrogens with two attached hydrogens (primary N) is 1. The van der Waals surface area contributed by atoms with Crippen LogP contribution in [0.15, 0.2) is 18.2 Å². The first-order valence-electron chi connectivity index (χ1n) is 5.43. The molecule has 1 aromatic carbocycles.